The fourth-order valence-electron chi connectivity index (χ4n) is 2.67. The Balaban J connectivity index is 2.25. The predicted octanol–water partition coefficient (Wildman–Crippen LogP) is 5.53. The first kappa shape index (κ1) is 16.5. The molecule has 0 saturated carbocycles. The van der Waals surface area contributed by atoms with Crippen LogP contribution in [0.15, 0.2) is 47.1 Å². The number of methoxy groups -OCH3 is 1. The van der Waals surface area contributed by atoms with Crippen molar-refractivity contribution < 1.29 is 4.74 Å². The first-order valence-corrected chi connectivity index (χ1v) is 9.05. The highest BCUT2D eigenvalue weighted by molar-refractivity contribution is 14.1. The van der Waals surface area contributed by atoms with Crippen LogP contribution in [0.3, 0.4) is 0 Å². The normalized spacial score (nSPS) is 10.8. The molecule has 118 valence electrons. The van der Waals surface area contributed by atoms with Gasteiger partial charge in [0.1, 0.15) is 19.9 Å². The molecule has 0 bridgehead atoms. The fraction of sp³-hybridized carbons (Fsp3) is 0.167. The van der Waals surface area contributed by atoms with Crippen molar-refractivity contribution in [3.8, 4) is 22.8 Å². The quantitative estimate of drug-likeness (QED) is 0.459. The average molecular weight is 483 g/mol. The Kier molecular flexibility index (Phi) is 4.77. The summed E-state index contributed by atoms with van der Waals surface area (Å²) in [6, 6.07) is 14.3. The minimum absolute atomic E-state index is 0.840. The van der Waals surface area contributed by atoms with Gasteiger partial charge in [-0.2, -0.15) is 0 Å². The number of benzene rings is 2. The molecule has 0 spiro atoms. The van der Waals surface area contributed by atoms with Gasteiger partial charge in [-0.1, -0.05) is 18.2 Å². The first-order valence-electron chi connectivity index (χ1n) is 7.17. The summed E-state index contributed by atoms with van der Waals surface area (Å²) in [6.45, 7) is 4.26. The molecule has 3 nitrogen and oxygen atoms in total. The van der Waals surface area contributed by atoms with Gasteiger partial charge in [-0.15, -0.1) is 0 Å². The topological polar surface area (TPSA) is 27.1 Å². The summed E-state index contributed by atoms with van der Waals surface area (Å²) in [6.07, 6.45) is 0. The van der Waals surface area contributed by atoms with Gasteiger partial charge in [0.15, 0.2) is 0 Å². The van der Waals surface area contributed by atoms with E-state index >= 15 is 0 Å². The van der Waals surface area contributed by atoms with Gasteiger partial charge in [0.05, 0.1) is 12.8 Å². The third-order valence-corrected chi connectivity index (χ3v) is 6.08. The highest BCUT2D eigenvalue weighted by atomic mass is 127. The lowest BCUT2D eigenvalue weighted by Crippen LogP contribution is -2.04. The number of hydrogen-bond acceptors (Lipinski definition) is 2. The van der Waals surface area contributed by atoms with Crippen LogP contribution >= 0.6 is 38.5 Å². The summed E-state index contributed by atoms with van der Waals surface area (Å²) in [5.74, 6) is 1.76. The van der Waals surface area contributed by atoms with Crippen molar-refractivity contribution in [3.05, 3.63) is 61.9 Å². The Morgan fingerprint density at radius 1 is 1.04 bits per heavy atom. The molecule has 0 N–H and O–H groups in total. The van der Waals surface area contributed by atoms with Crippen LogP contribution in [0, 0.1) is 17.5 Å². The second-order valence-corrected chi connectivity index (χ2v) is 7.09. The number of nitrogens with zero attached hydrogens (tertiary/aromatic N) is 2. The molecule has 0 amide bonds. The molecule has 2 aromatic carbocycles. The predicted molar refractivity (Wildman–Crippen MR) is 105 cm³/mol. The zero-order valence-corrected chi connectivity index (χ0v) is 16.8. The Bertz CT molecular complexity index is 836. The fourth-order valence-corrected chi connectivity index (χ4v) is 3.61. The molecule has 23 heavy (non-hydrogen) atoms. The van der Waals surface area contributed by atoms with Crippen molar-refractivity contribution in [1.29, 1.82) is 0 Å². The van der Waals surface area contributed by atoms with Crippen molar-refractivity contribution >= 4 is 38.5 Å². The van der Waals surface area contributed by atoms with E-state index in [0.29, 0.717) is 0 Å². The van der Waals surface area contributed by atoms with Crippen LogP contribution in [0.5, 0.6) is 5.75 Å². The molecule has 0 fully saturated rings. The van der Waals surface area contributed by atoms with Gasteiger partial charge in [0, 0.05) is 5.56 Å². The molecule has 1 aromatic heterocycles. The largest absolute Gasteiger partial charge is 0.497 e. The van der Waals surface area contributed by atoms with Crippen LogP contribution in [-0.4, -0.2) is 16.7 Å². The number of halogens is 2. The van der Waals surface area contributed by atoms with Crippen molar-refractivity contribution in [3.63, 3.8) is 0 Å². The van der Waals surface area contributed by atoms with E-state index in [4.69, 9.17) is 9.72 Å². The van der Waals surface area contributed by atoms with Gasteiger partial charge in [0.2, 0.25) is 0 Å². The highest BCUT2D eigenvalue weighted by Gasteiger charge is 2.19. The Morgan fingerprint density at radius 2 is 1.65 bits per heavy atom. The maximum atomic E-state index is 5.25. The van der Waals surface area contributed by atoms with E-state index in [2.05, 4.69) is 75.1 Å². The summed E-state index contributed by atoms with van der Waals surface area (Å²) in [7, 11) is 1.67. The van der Waals surface area contributed by atoms with Crippen LogP contribution in [0.25, 0.3) is 17.1 Å². The molecule has 0 atom stereocenters. The average Bonchev–Trinajstić information content (AvgIpc) is 2.83. The molecule has 0 aliphatic carbocycles. The molecule has 0 aliphatic heterocycles. The van der Waals surface area contributed by atoms with Gasteiger partial charge in [-0.25, -0.2) is 4.98 Å². The number of hydrogen-bond donors (Lipinski definition) is 0. The van der Waals surface area contributed by atoms with Gasteiger partial charge in [-0.3, -0.25) is 4.57 Å². The lowest BCUT2D eigenvalue weighted by atomic mass is 10.1. The second kappa shape index (κ2) is 6.65. The zero-order chi connectivity index (χ0) is 16.6. The Hall–Kier alpha value is -1.34. The van der Waals surface area contributed by atoms with Crippen molar-refractivity contribution in [2.24, 2.45) is 0 Å². The molecule has 3 rings (SSSR count). The monoisotopic (exact) mass is 482 g/mol. The summed E-state index contributed by atoms with van der Waals surface area (Å²) >= 11 is 5.91. The molecule has 0 aliphatic rings. The number of para-hydroxylation sites is 1. The van der Waals surface area contributed by atoms with Crippen LogP contribution in [0.4, 0.5) is 0 Å². The van der Waals surface area contributed by atoms with Gasteiger partial charge in [-0.05, 0) is 87.8 Å². The summed E-state index contributed by atoms with van der Waals surface area (Å²) in [4.78, 5) is 4.73. The summed E-state index contributed by atoms with van der Waals surface area (Å²) < 4.78 is 9.37. The van der Waals surface area contributed by atoms with Crippen molar-refractivity contribution in [2.75, 3.05) is 7.11 Å². The smallest absolute Gasteiger partial charge is 0.146 e. The van der Waals surface area contributed by atoms with E-state index in [-0.39, 0.29) is 0 Å². The molecular weight excluding hydrogens is 467 g/mol. The lowest BCUT2D eigenvalue weighted by Gasteiger charge is -2.15. The maximum absolute atomic E-state index is 5.25. The molecule has 3 aromatic rings. The third-order valence-electron chi connectivity index (χ3n) is 3.79. The van der Waals surface area contributed by atoms with E-state index in [1.807, 2.05) is 24.3 Å². The van der Waals surface area contributed by atoms with E-state index < -0.39 is 0 Å². The van der Waals surface area contributed by atoms with E-state index in [9.17, 15) is 0 Å². The molecule has 0 unspecified atom stereocenters. The van der Waals surface area contributed by atoms with Gasteiger partial charge >= 0.3 is 0 Å². The van der Waals surface area contributed by atoms with Crippen LogP contribution in [0.2, 0.25) is 0 Å². The van der Waals surface area contributed by atoms with Gasteiger partial charge < -0.3 is 4.74 Å². The van der Waals surface area contributed by atoms with Crippen molar-refractivity contribution in [2.45, 2.75) is 13.8 Å². The number of rotatable bonds is 3. The van der Waals surface area contributed by atoms with Crippen LogP contribution < -0.4 is 4.74 Å². The van der Waals surface area contributed by atoms with E-state index in [0.717, 1.165) is 25.4 Å². The standard InChI is InChI=1S/C18H16BrIN2O/c1-11-5-4-6-12(2)15(11)22-17(20)16(19)21-18(22)13-7-9-14(23-3)10-8-13/h4-10H,1-3H3. The van der Waals surface area contributed by atoms with E-state index in [1.165, 1.54) is 16.8 Å². The Labute approximate surface area is 158 Å². The number of ether oxygens (including phenoxy) is 1. The minimum atomic E-state index is 0.840. The summed E-state index contributed by atoms with van der Waals surface area (Å²) in [5, 5.41) is 0. The minimum Gasteiger partial charge on any atom is -0.497 e. The molecule has 1 heterocycles. The summed E-state index contributed by atoms with van der Waals surface area (Å²) in [5.41, 5.74) is 4.68. The molecule has 0 radical (unpaired) electrons. The van der Waals surface area contributed by atoms with Crippen molar-refractivity contribution in [1.82, 2.24) is 9.55 Å². The van der Waals surface area contributed by atoms with Crippen LogP contribution in [-0.2, 0) is 0 Å². The first-order chi connectivity index (χ1) is 11.0. The zero-order valence-electron chi connectivity index (χ0n) is 13.1. The third kappa shape index (κ3) is 3.04. The molecule has 5 heteroatoms. The van der Waals surface area contributed by atoms with E-state index in [1.54, 1.807) is 7.11 Å². The van der Waals surface area contributed by atoms with Crippen LogP contribution in [0.1, 0.15) is 11.1 Å². The molecular formula is C18H16BrIN2O. The number of aromatic nitrogens is 2. The second-order valence-electron chi connectivity index (χ2n) is 5.32. The van der Waals surface area contributed by atoms with Gasteiger partial charge in [0.25, 0.3) is 0 Å². The SMILES string of the molecule is COc1ccc(-c2nc(Br)c(I)n2-c2c(C)cccc2C)cc1. The molecule has 0 saturated heterocycles. The number of imidazole rings is 1. The lowest BCUT2D eigenvalue weighted by molar-refractivity contribution is 0.415. The number of aryl methyl sites for hydroxylation is 2. The highest BCUT2D eigenvalue weighted by Crippen LogP contribution is 2.33. The maximum Gasteiger partial charge on any atom is 0.146 e. The Morgan fingerprint density at radius 3 is 2.22 bits per heavy atom.